The zero-order valence-electron chi connectivity index (χ0n) is 13.3. The average molecular weight is 341 g/mol. The fourth-order valence-corrected chi connectivity index (χ4v) is 4.62. The van der Waals surface area contributed by atoms with Crippen LogP contribution in [-0.4, -0.2) is 41.3 Å². The molecular weight excluding hydrogens is 322 g/mol. The fourth-order valence-electron chi connectivity index (χ4n) is 3.47. The van der Waals surface area contributed by atoms with Crippen LogP contribution in [0.2, 0.25) is 0 Å². The molecule has 0 spiro atoms. The maximum atomic E-state index is 13.0. The molecular formula is C18H19N3O2S. The van der Waals surface area contributed by atoms with Crippen LogP contribution >= 0.6 is 11.3 Å². The molecule has 2 heterocycles. The lowest BCUT2D eigenvalue weighted by Crippen LogP contribution is -2.52. The van der Waals surface area contributed by atoms with E-state index in [9.17, 15) is 9.59 Å². The Morgan fingerprint density at radius 2 is 2.08 bits per heavy atom. The summed E-state index contributed by atoms with van der Waals surface area (Å²) in [6.45, 7) is 1.31. The van der Waals surface area contributed by atoms with Gasteiger partial charge in [0, 0.05) is 19.0 Å². The Morgan fingerprint density at radius 3 is 2.92 bits per heavy atom. The minimum Gasteiger partial charge on any atom is -0.353 e. The van der Waals surface area contributed by atoms with Crippen LogP contribution in [0.25, 0.3) is 10.2 Å². The first-order valence-corrected chi connectivity index (χ1v) is 9.10. The lowest BCUT2D eigenvalue weighted by atomic mass is 9.82. The summed E-state index contributed by atoms with van der Waals surface area (Å²) in [7, 11) is 0. The number of piperazine rings is 1. The molecule has 2 atom stereocenters. The van der Waals surface area contributed by atoms with Crippen molar-refractivity contribution in [1.82, 2.24) is 15.2 Å². The Kier molecular flexibility index (Phi) is 4.06. The molecule has 2 aromatic rings. The smallest absolute Gasteiger partial charge is 0.239 e. The predicted octanol–water partition coefficient (Wildman–Crippen LogP) is 2.30. The van der Waals surface area contributed by atoms with Gasteiger partial charge < -0.3 is 10.2 Å². The normalized spacial score (nSPS) is 24.2. The molecule has 6 heteroatoms. The summed E-state index contributed by atoms with van der Waals surface area (Å²) in [5.41, 5.74) is 0.996. The van der Waals surface area contributed by atoms with Crippen molar-refractivity contribution in [2.45, 2.75) is 18.8 Å². The molecule has 0 unspecified atom stereocenters. The summed E-state index contributed by atoms with van der Waals surface area (Å²) >= 11 is 1.68. The monoisotopic (exact) mass is 341 g/mol. The first-order valence-electron chi connectivity index (χ1n) is 8.28. The number of nitrogens with one attached hydrogen (secondary N) is 1. The second-order valence-corrected chi connectivity index (χ2v) is 7.35. The third-order valence-corrected chi connectivity index (χ3v) is 5.90. The first kappa shape index (κ1) is 15.3. The van der Waals surface area contributed by atoms with E-state index in [4.69, 9.17) is 4.98 Å². The van der Waals surface area contributed by atoms with E-state index in [0.29, 0.717) is 13.1 Å². The van der Waals surface area contributed by atoms with E-state index in [1.807, 2.05) is 18.2 Å². The molecule has 4 rings (SSSR count). The number of aromatic nitrogens is 1. The molecule has 0 radical (unpaired) electrons. The Bertz CT molecular complexity index is 780. The summed E-state index contributed by atoms with van der Waals surface area (Å²) in [5, 5.41) is 3.80. The molecule has 0 saturated carbocycles. The number of rotatable bonds is 2. The second-order valence-electron chi connectivity index (χ2n) is 6.29. The zero-order valence-corrected chi connectivity index (χ0v) is 14.1. The highest BCUT2D eigenvalue weighted by Gasteiger charge is 2.36. The SMILES string of the molecule is O=C1CN(C(=O)[C@H]2CC=CC[C@@H]2c2nc3ccccc3s2)CCN1. The van der Waals surface area contributed by atoms with Crippen molar-refractivity contribution >= 4 is 33.4 Å². The van der Waals surface area contributed by atoms with Crippen LogP contribution in [-0.2, 0) is 9.59 Å². The van der Waals surface area contributed by atoms with Gasteiger partial charge in [-0.3, -0.25) is 9.59 Å². The summed E-state index contributed by atoms with van der Waals surface area (Å²) in [5.74, 6) is -0.0118. The highest BCUT2D eigenvalue weighted by atomic mass is 32.1. The highest BCUT2D eigenvalue weighted by Crippen LogP contribution is 2.39. The Morgan fingerprint density at radius 1 is 1.25 bits per heavy atom. The molecule has 1 aromatic carbocycles. The van der Waals surface area contributed by atoms with E-state index < -0.39 is 0 Å². The summed E-state index contributed by atoms with van der Waals surface area (Å²) in [4.78, 5) is 31.0. The van der Waals surface area contributed by atoms with E-state index in [1.54, 1.807) is 16.2 Å². The molecule has 1 N–H and O–H groups in total. The minimum absolute atomic E-state index is 0.0718. The fraction of sp³-hybridized carbons (Fsp3) is 0.389. The number of fused-ring (bicyclic) bond motifs is 1. The van der Waals surface area contributed by atoms with Gasteiger partial charge in [-0.05, 0) is 25.0 Å². The third kappa shape index (κ3) is 2.82. The second kappa shape index (κ2) is 6.36. The molecule has 1 aliphatic heterocycles. The number of allylic oxidation sites excluding steroid dienone is 2. The van der Waals surface area contributed by atoms with E-state index in [-0.39, 0.29) is 30.2 Å². The van der Waals surface area contributed by atoms with Crippen LogP contribution in [0.5, 0.6) is 0 Å². The number of hydrogen-bond acceptors (Lipinski definition) is 4. The molecule has 2 amide bonds. The van der Waals surface area contributed by atoms with Crippen molar-refractivity contribution in [3.8, 4) is 0 Å². The lowest BCUT2D eigenvalue weighted by molar-refractivity contribution is -0.142. The Labute approximate surface area is 144 Å². The van der Waals surface area contributed by atoms with Gasteiger partial charge >= 0.3 is 0 Å². The molecule has 24 heavy (non-hydrogen) atoms. The van der Waals surface area contributed by atoms with Crippen molar-refractivity contribution in [2.75, 3.05) is 19.6 Å². The zero-order chi connectivity index (χ0) is 16.5. The third-order valence-electron chi connectivity index (χ3n) is 4.73. The highest BCUT2D eigenvalue weighted by molar-refractivity contribution is 7.18. The van der Waals surface area contributed by atoms with Gasteiger partial charge in [0.05, 0.1) is 27.7 Å². The first-order chi connectivity index (χ1) is 11.7. The van der Waals surface area contributed by atoms with Crippen LogP contribution in [0.4, 0.5) is 0 Å². The average Bonchev–Trinajstić information content (AvgIpc) is 3.05. The Hall–Kier alpha value is -2.21. The molecule has 1 fully saturated rings. The molecule has 1 saturated heterocycles. The van der Waals surface area contributed by atoms with E-state index >= 15 is 0 Å². The number of benzene rings is 1. The Balaban J connectivity index is 1.62. The maximum Gasteiger partial charge on any atom is 0.239 e. The number of amides is 2. The van der Waals surface area contributed by atoms with Crippen molar-refractivity contribution in [3.05, 3.63) is 41.4 Å². The number of para-hydroxylation sites is 1. The topological polar surface area (TPSA) is 62.3 Å². The van der Waals surface area contributed by atoms with Gasteiger partial charge in [0.2, 0.25) is 11.8 Å². The van der Waals surface area contributed by atoms with Crippen LogP contribution in [0.3, 0.4) is 0 Å². The number of carbonyl (C=O) groups is 2. The van der Waals surface area contributed by atoms with Crippen molar-refractivity contribution < 1.29 is 9.59 Å². The molecule has 1 aromatic heterocycles. The standard InChI is InChI=1S/C18H19N3O2S/c22-16-11-21(10-9-19-16)18(23)13-6-2-1-5-12(13)17-20-14-7-3-4-8-15(14)24-17/h1-4,7-8,12-13H,5-6,9-11H2,(H,19,22)/t12-,13-/m0/s1. The molecule has 124 valence electrons. The number of thiazole rings is 1. The number of nitrogens with zero attached hydrogens (tertiary/aromatic N) is 2. The molecule has 5 nitrogen and oxygen atoms in total. The van der Waals surface area contributed by atoms with E-state index in [0.717, 1.165) is 28.1 Å². The summed E-state index contributed by atoms with van der Waals surface area (Å²) < 4.78 is 1.16. The lowest BCUT2D eigenvalue weighted by Gasteiger charge is -2.33. The van der Waals surface area contributed by atoms with Gasteiger partial charge in [-0.15, -0.1) is 11.3 Å². The minimum atomic E-state index is -0.124. The quantitative estimate of drug-likeness (QED) is 0.853. The molecule has 2 aliphatic rings. The van der Waals surface area contributed by atoms with Crippen LogP contribution in [0, 0.1) is 5.92 Å². The van der Waals surface area contributed by atoms with Crippen molar-refractivity contribution in [1.29, 1.82) is 0 Å². The van der Waals surface area contributed by atoms with Gasteiger partial charge in [0.1, 0.15) is 0 Å². The largest absolute Gasteiger partial charge is 0.353 e. The van der Waals surface area contributed by atoms with Crippen LogP contribution < -0.4 is 5.32 Å². The van der Waals surface area contributed by atoms with Crippen LogP contribution in [0.15, 0.2) is 36.4 Å². The van der Waals surface area contributed by atoms with Crippen molar-refractivity contribution in [2.24, 2.45) is 5.92 Å². The predicted molar refractivity (Wildman–Crippen MR) is 93.8 cm³/mol. The van der Waals surface area contributed by atoms with Crippen LogP contribution in [0.1, 0.15) is 23.8 Å². The van der Waals surface area contributed by atoms with Gasteiger partial charge in [-0.1, -0.05) is 24.3 Å². The maximum absolute atomic E-state index is 13.0. The summed E-state index contributed by atoms with van der Waals surface area (Å²) in [6.07, 6.45) is 5.77. The number of carbonyl (C=O) groups excluding carboxylic acids is 2. The van der Waals surface area contributed by atoms with Gasteiger partial charge in [0.25, 0.3) is 0 Å². The molecule has 1 aliphatic carbocycles. The van der Waals surface area contributed by atoms with Crippen molar-refractivity contribution in [3.63, 3.8) is 0 Å². The number of hydrogen-bond donors (Lipinski definition) is 1. The van der Waals surface area contributed by atoms with Gasteiger partial charge in [-0.25, -0.2) is 4.98 Å². The van der Waals surface area contributed by atoms with E-state index in [1.165, 1.54) is 0 Å². The van der Waals surface area contributed by atoms with Gasteiger partial charge in [0.15, 0.2) is 0 Å². The van der Waals surface area contributed by atoms with Gasteiger partial charge in [-0.2, -0.15) is 0 Å². The van der Waals surface area contributed by atoms with E-state index in [2.05, 4.69) is 23.5 Å². The molecule has 0 bridgehead atoms. The summed E-state index contributed by atoms with van der Waals surface area (Å²) in [6, 6.07) is 8.09.